The largest absolute Gasteiger partial charge is 0.484 e. The maximum atomic E-state index is 12.6. The first-order chi connectivity index (χ1) is 17.0. The van der Waals surface area contributed by atoms with E-state index >= 15 is 0 Å². The standard InChI is InChI=1S/C28H29N3O4/c1-20-7-9-22(10-8-20)17-30-28(34)23-15-27(33)31(18-23)24-11-13-25(14-12-24)35-19-26(32)29-16-21-5-3-2-4-6-21/h2-14,23H,15-19H2,1H3,(H,29,32)(H,30,34). The van der Waals surface area contributed by atoms with Crippen LogP contribution >= 0.6 is 0 Å². The molecule has 0 aliphatic carbocycles. The van der Waals surface area contributed by atoms with Gasteiger partial charge in [0.15, 0.2) is 6.61 Å². The van der Waals surface area contributed by atoms with Gasteiger partial charge in [-0.25, -0.2) is 0 Å². The second kappa shape index (κ2) is 11.3. The van der Waals surface area contributed by atoms with Gasteiger partial charge in [-0.2, -0.15) is 0 Å². The van der Waals surface area contributed by atoms with Gasteiger partial charge in [-0.3, -0.25) is 14.4 Å². The molecule has 3 aromatic carbocycles. The molecule has 0 saturated carbocycles. The van der Waals surface area contributed by atoms with Crippen LogP contribution in [0.1, 0.15) is 23.1 Å². The summed E-state index contributed by atoms with van der Waals surface area (Å²) in [6, 6.07) is 24.6. The minimum atomic E-state index is -0.391. The molecule has 4 rings (SSSR count). The van der Waals surface area contributed by atoms with Crippen LogP contribution in [0.5, 0.6) is 5.75 Å². The van der Waals surface area contributed by atoms with Gasteiger partial charge in [0.1, 0.15) is 5.75 Å². The van der Waals surface area contributed by atoms with E-state index in [0.29, 0.717) is 31.1 Å². The fraction of sp³-hybridized carbons (Fsp3) is 0.250. The molecule has 1 aliphatic rings. The van der Waals surface area contributed by atoms with Crippen molar-refractivity contribution in [3.05, 3.63) is 95.6 Å². The van der Waals surface area contributed by atoms with Crippen molar-refractivity contribution in [2.24, 2.45) is 5.92 Å². The van der Waals surface area contributed by atoms with E-state index in [1.807, 2.05) is 61.5 Å². The summed E-state index contributed by atoms with van der Waals surface area (Å²) in [6.07, 6.45) is 0.180. The zero-order valence-corrected chi connectivity index (χ0v) is 19.7. The lowest BCUT2D eigenvalue weighted by Crippen LogP contribution is -2.32. The van der Waals surface area contributed by atoms with Crippen LogP contribution in [0.25, 0.3) is 0 Å². The first-order valence-corrected chi connectivity index (χ1v) is 11.6. The third-order valence-electron chi connectivity index (χ3n) is 5.93. The predicted octanol–water partition coefficient (Wildman–Crippen LogP) is 3.36. The van der Waals surface area contributed by atoms with E-state index in [1.165, 1.54) is 5.56 Å². The summed E-state index contributed by atoms with van der Waals surface area (Å²) in [5.41, 5.74) is 3.90. The van der Waals surface area contributed by atoms with Crippen LogP contribution in [-0.2, 0) is 27.5 Å². The van der Waals surface area contributed by atoms with Gasteiger partial charge in [-0.15, -0.1) is 0 Å². The molecule has 7 nitrogen and oxygen atoms in total. The lowest BCUT2D eigenvalue weighted by Gasteiger charge is -2.17. The van der Waals surface area contributed by atoms with E-state index in [0.717, 1.165) is 11.1 Å². The van der Waals surface area contributed by atoms with Crippen LogP contribution in [0, 0.1) is 12.8 Å². The highest BCUT2D eigenvalue weighted by atomic mass is 16.5. The van der Waals surface area contributed by atoms with Crippen LogP contribution in [0.2, 0.25) is 0 Å². The second-order valence-electron chi connectivity index (χ2n) is 8.65. The molecule has 180 valence electrons. The van der Waals surface area contributed by atoms with Gasteiger partial charge in [-0.1, -0.05) is 60.2 Å². The normalized spacial score (nSPS) is 15.1. The van der Waals surface area contributed by atoms with Gasteiger partial charge < -0.3 is 20.3 Å². The van der Waals surface area contributed by atoms with Gasteiger partial charge >= 0.3 is 0 Å². The lowest BCUT2D eigenvalue weighted by molar-refractivity contribution is -0.126. The number of anilines is 1. The summed E-state index contributed by atoms with van der Waals surface area (Å²) in [5.74, 6) is -0.288. The fourth-order valence-corrected chi connectivity index (χ4v) is 3.89. The van der Waals surface area contributed by atoms with Crippen LogP contribution in [0.4, 0.5) is 5.69 Å². The number of aryl methyl sites for hydroxylation is 1. The fourth-order valence-electron chi connectivity index (χ4n) is 3.89. The Morgan fingerprint density at radius 1 is 0.886 bits per heavy atom. The highest BCUT2D eigenvalue weighted by Crippen LogP contribution is 2.27. The van der Waals surface area contributed by atoms with Gasteiger partial charge in [0, 0.05) is 31.7 Å². The lowest BCUT2D eigenvalue weighted by atomic mass is 10.1. The topological polar surface area (TPSA) is 87.7 Å². The number of rotatable bonds is 9. The molecule has 1 fully saturated rings. The molecule has 0 bridgehead atoms. The van der Waals surface area contributed by atoms with Crippen LogP contribution in [0.15, 0.2) is 78.9 Å². The monoisotopic (exact) mass is 471 g/mol. The Morgan fingerprint density at radius 2 is 1.54 bits per heavy atom. The number of hydrogen-bond donors (Lipinski definition) is 2. The molecule has 2 N–H and O–H groups in total. The maximum absolute atomic E-state index is 12.6. The number of nitrogens with one attached hydrogen (secondary N) is 2. The summed E-state index contributed by atoms with van der Waals surface area (Å²) in [5, 5.41) is 5.75. The molecule has 35 heavy (non-hydrogen) atoms. The van der Waals surface area contributed by atoms with E-state index in [2.05, 4.69) is 10.6 Å². The summed E-state index contributed by atoms with van der Waals surface area (Å²) in [7, 11) is 0. The molecule has 1 saturated heterocycles. The second-order valence-corrected chi connectivity index (χ2v) is 8.65. The molecule has 0 aromatic heterocycles. The Labute approximate surface area is 205 Å². The SMILES string of the molecule is Cc1ccc(CNC(=O)C2CC(=O)N(c3ccc(OCC(=O)NCc4ccccc4)cc3)C2)cc1. The molecular formula is C28H29N3O4. The Kier molecular flexibility index (Phi) is 7.77. The zero-order valence-electron chi connectivity index (χ0n) is 19.7. The van der Waals surface area contributed by atoms with Crippen molar-refractivity contribution in [2.75, 3.05) is 18.1 Å². The maximum Gasteiger partial charge on any atom is 0.258 e. The van der Waals surface area contributed by atoms with E-state index in [-0.39, 0.29) is 30.7 Å². The summed E-state index contributed by atoms with van der Waals surface area (Å²) >= 11 is 0. The van der Waals surface area contributed by atoms with E-state index in [4.69, 9.17) is 4.74 Å². The third kappa shape index (κ3) is 6.69. The molecule has 1 atom stereocenters. The summed E-state index contributed by atoms with van der Waals surface area (Å²) < 4.78 is 5.56. The number of hydrogen-bond acceptors (Lipinski definition) is 4. The molecule has 1 heterocycles. The predicted molar refractivity (Wildman–Crippen MR) is 134 cm³/mol. The number of nitrogens with zero attached hydrogens (tertiary/aromatic N) is 1. The Morgan fingerprint density at radius 3 is 2.26 bits per heavy atom. The number of ether oxygens (including phenoxy) is 1. The summed E-state index contributed by atoms with van der Waals surface area (Å²) in [4.78, 5) is 38.8. The molecule has 7 heteroatoms. The van der Waals surface area contributed by atoms with Crippen LogP contribution in [-0.4, -0.2) is 30.9 Å². The van der Waals surface area contributed by atoms with Crippen molar-refractivity contribution < 1.29 is 19.1 Å². The molecule has 0 spiro atoms. The first-order valence-electron chi connectivity index (χ1n) is 11.6. The average Bonchev–Trinajstić information content (AvgIpc) is 3.28. The zero-order chi connectivity index (χ0) is 24.6. The molecule has 1 unspecified atom stereocenters. The van der Waals surface area contributed by atoms with Crippen molar-refractivity contribution in [1.82, 2.24) is 10.6 Å². The van der Waals surface area contributed by atoms with E-state index in [9.17, 15) is 14.4 Å². The van der Waals surface area contributed by atoms with Gasteiger partial charge in [0.25, 0.3) is 5.91 Å². The van der Waals surface area contributed by atoms with Crippen molar-refractivity contribution in [3.63, 3.8) is 0 Å². The van der Waals surface area contributed by atoms with Crippen LogP contribution in [0.3, 0.4) is 0 Å². The van der Waals surface area contributed by atoms with Crippen molar-refractivity contribution in [2.45, 2.75) is 26.4 Å². The van der Waals surface area contributed by atoms with Crippen LogP contribution < -0.4 is 20.3 Å². The van der Waals surface area contributed by atoms with Crippen molar-refractivity contribution >= 4 is 23.4 Å². The van der Waals surface area contributed by atoms with E-state index < -0.39 is 5.92 Å². The first kappa shape index (κ1) is 24.0. The van der Waals surface area contributed by atoms with Gasteiger partial charge in [-0.05, 0) is 42.3 Å². The molecule has 0 radical (unpaired) electrons. The highest BCUT2D eigenvalue weighted by Gasteiger charge is 2.35. The highest BCUT2D eigenvalue weighted by molar-refractivity contribution is 6.00. The number of benzene rings is 3. The molecular weight excluding hydrogens is 442 g/mol. The van der Waals surface area contributed by atoms with Crippen molar-refractivity contribution in [3.8, 4) is 5.75 Å². The Bertz CT molecular complexity index is 1160. The quantitative estimate of drug-likeness (QED) is 0.501. The molecule has 3 amide bonds. The average molecular weight is 472 g/mol. The minimum absolute atomic E-state index is 0.0885. The smallest absolute Gasteiger partial charge is 0.258 e. The van der Waals surface area contributed by atoms with Gasteiger partial charge in [0.2, 0.25) is 11.8 Å². The number of carbonyl (C=O) groups is 3. The van der Waals surface area contributed by atoms with E-state index in [1.54, 1.807) is 29.2 Å². The summed E-state index contributed by atoms with van der Waals surface area (Å²) in [6.45, 7) is 3.13. The number of amides is 3. The number of carbonyl (C=O) groups excluding carboxylic acids is 3. The van der Waals surface area contributed by atoms with Gasteiger partial charge in [0.05, 0.1) is 5.92 Å². The Balaban J connectivity index is 1.23. The van der Waals surface area contributed by atoms with Crippen molar-refractivity contribution in [1.29, 1.82) is 0 Å². The minimum Gasteiger partial charge on any atom is -0.484 e. The molecule has 3 aromatic rings. The Hall–Kier alpha value is -4.13. The molecule has 1 aliphatic heterocycles. The third-order valence-corrected chi connectivity index (χ3v) is 5.93.